The summed E-state index contributed by atoms with van der Waals surface area (Å²) in [5.74, 6) is 0.766. The van der Waals surface area contributed by atoms with E-state index in [0.29, 0.717) is 6.04 Å². The lowest BCUT2D eigenvalue weighted by Gasteiger charge is -2.44. The third-order valence-corrected chi connectivity index (χ3v) is 4.35. The first-order chi connectivity index (χ1) is 8.63. The van der Waals surface area contributed by atoms with Crippen molar-refractivity contribution in [1.82, 2.24) is 10.2 Å². The molecule has 0 radical (unpaired) electrons. The van der Waals surface area contributed by atoms with Crippen LogP contribution >= 0.6 is 0 Å². The van der Waals surface area contributed by atoms with Gasteiger partial charge in [0, 0.05) is 24.7 Å². The maximum absolute atomic E-state index is 6.06. The van der Waals surface area contributed by atoms with Gasteiger partial charge in [-0.15, -0.1) is 0 Å². The lowest BCUT2D eigenvalue weighted by Crippen LogP contribution is -2.60. The summed E-state index contributed by atoms with van der Waals surface area (Å²) in [6.45, 7) is 9.00. The first kappa shape index (κ1) is 14.0. The Bertz CT molecular complexity index is 269. The molecule has 1 aliphatic carbocycles. The number of hydrogen-bond donors (Lipinski definition) is 2. The normalized spacial score (nSPS) is 25.1. The number of likely N-dealkylation sites (tertiary alicyclic amines) is 1. The highest BCUT2D eigenvalue weighted by Gasteiger charge is 2.35. The smallest absolute Gasteiger partial charge is 0.0331 e. The van der Waals surface area contributed by atoms with Gasteiger partial charge < -0.3 is 16.0 Å². The van der Waals surface area contributed by atoms with Gasteiger partial charge in [0.1, 0.15) is 0 Å². The highest BCUT2D eigenvalue weighted by Crippen LogP contribution is 2.25. The second-order valence-corrected chi connectivity index (χ2v) is 6.46. The fourth-order valence-electron chi connectivity index (χ4n) is 3.26. The number of piperidine rings is 1. The van der Waals surface area contributed by atoms with Crippen molar-refractivity contribution in [2.75, 3.05) is 26.2 Å². The zero-order chi connectivity index (χ0) is 13.0. The Balaban J connectivity index is 1.83. The van der Waals surface area contributed by atoms with Gasteiger partial charge in [-0.3, -0.25) is 0 Å². The molecule has 0 aromatic rings. The fourth-order valence-corrected chi connectivity index (χ4v) is 3.26. The van der Waals surface area contributed by atoms with Crippen molar-refractivity contribution in [3.05, 3.63) is 12.2 Å². The van der Waals surface area contributed by atoms with Crippen LogP contribution in [-0.2, 0) is 0 Å². The summed E-state index contributed by atoms with van der Waals surface area (Å²) in [7, 11) is 0. The summed E-state index contributed by atoms with van der Waals surface area (Å²) >= 11 is 0. The molecule has 104 valence electrons. The van der Waals surface area contributed by atoms with Gasteiger partial charge in [-0.05, 0) is 44.7 Å². The molecule has 0 bridgehead atoms. The van der Waals surface area contributed by atoms with Gasteiger partial charge in [-0.1, -0.05) is 26.0 Å². The molecule has 2 rings (SSSR count). The van der Waals surface area contributed by atoms with E-state index in [9.17, 15) is 0 Å². The molecule has 0 amide bonds. The van der Waals surface area contributed by atoms with E-state index in [1.54, 1.807) is 0 Å². The largest absolute Gasteiger partial charge is 0.329 e. The lowest BCUT2D eigenvalue weighted by atomic mass is 9.86. The molecule has 0 unspecified atom stereocenters. The zero-order valence-electron chi connectivity index (χ0n) is 12.0. The van der Waals surface area contributed by atoms with Gasteiger partial charge in [0.05, 0.1) is 0 Å². The van der Waals surface area contributed by atoms with Crippen LogP contribution in [0.25, 0.3) is 0 Å². The Kier molecular flexibility index (Phi) is 4.82. The molecule has 18 heavy (non-hydrogen) atoms. The van der Waals surface area contributed by atoms with Crippen LogP contribution in [0, 0.1) is 5.92 Å². The SMILES string of the molecule is CC(C)CN1CCC(CN)(NC2CC=CC2)CC1. The Hall–Kier alpha value is -0.380. The number of rotatable bonds is 5. The van der Waals surface area contributed by atoms with Crippen LogP contribution in [0.2, 0.25) is 0 Å². The summed E-state index contributed by atoms with van der Waals surface area (Å²) in [5, 5.41) is 3.84. The average Bonchev–Trinajstić information content (AvgIpc) is 2.84. The van der Waals surface area contributed by atoms with Crippen LogP contribution in [0.5, 0.6) is 0 Å². The monoisotopic (exact) mass is 251 g/mol. The quantitative estimate of drug-likeness (QED) is 0.731. The Morgan fingerprint density at radius 2 is 1.89 bits per heavy atom. The molecule has 0 atom stereocenters. The van der Waals surface area contributed by atoms with E-state index in [1.165, 1.54) is 45.3 Å². The third kappa shape index (κ3) is 3.56. The van der Waals surface area contributed by atoms with Crippen LogP contribution in [0.1, 0.15) is 39.5 Å². The van der Waals surface area contributed by atoms with Crippen molar-refractivity contribution < 1.29 is 0 Å². The van der Waals surface area contributed by atoms with Gasteiger partial charge >= 0.3 is 0 Å². The minimum atomic E-state index is 0.199. The number of nitrogens with one attached hydrogen (secondary N) is 1. The third-order valence-electron chi connectivity index (χ3n) is 4.35. The van der Waals surface area contributed by atoms with Gasteiger partial charge in [-0.2, -0.15) is 0 Å². The minimum absolute atomic E-state index is 0.199. The second-order valence-electron chi connectivity index (χ2n) is 6.46. The molecule has 0 aromatic carbocycles. The van der Waals surface area contributed by atoms with E-state index in [2.05, 4.69) is 36.2 Å². The maximum atomic E-state index is 6.06. The van der Waals surface area contributed by atoms with Crippen molar-refractivity contribution in [2.24, 2.45) is 11.7 Å². The fraction of sp³-hybridized carbons (Fsp3) is 0.867. The van der Waals surface area contributed by atoms with Crippen molar-refractivity contribution in [3.8, 4) is 0 Å². The van der Waals surface area contributed by atoms with Gasteiger partial charge in [0.25, 0.3) is 0 Å². The molecule has 3 heteroatoms. The molecule has 1 aliphatic heterocycles. The minimum Gasteiger partial charge on any atom is -0.329 e. The predicted octanol–water partition coefficient (Wildman–Crippen LogP) is 1.74. The first-order valence-electron chi connectivity index (χ1n) is 7.49. The lowest BCUT2D eigenvalue weighted by molar-refractivity contribution is 0.120. The molecule has 1 heterocycles. The van der Waals surface area contributed by atoms with Crippen LogP contribution in [-0.4, -0.2) is 42.7 Å². The summed E-state index contributed by atoms with van der Waals surface area (Å²) < 4.78 is 0. The molecular weight excluding hydrogens is 222 g/mol. The zero-order valence-corrected chi connectivity index (χ0v) is 12.0. The van der Waals surface area contributed by atoms with E-state index >= 15 is 0 Å². The van der Waals surface area contributed by atoms with Gasteiger partial charge in [0.15, 0.2) is 0 Å². The first-order valence-corrected chi connectivity index (χ1v) is 7.49. The van der Waals surface area contributed by atoms with Crippen LogP contribution in [0.4, 0.5) is 0 Å². The molecule has 0 aromatic heterocycles. The topological polar surface area (TPSA) is 41.3 Å². The summed E-state index contributed by atoms with van der Waals surface area (Å²) in [6.07, 6.45) is 9.33. The maximum Gasteiger partial charge on any atom is 0.0331 e. The molecule has 3 N–H and O–H groups in total. The molecular formula is C15H29N3. The van der Waals surface area contributed by atoms with Crippen molar-refractivity contribution in [3.63, 3.8) is 0 Å². The summed E-state index contributed by atoms with van der Waals surface area (Å²) in [4.78, 5) is 2.59. The van der Waals surface area contributed by atoms with Gasteiger partial charge in [-0.25, -0.2) is 0 Å². The molecule has 0 saturated carbocycles. The molecule has 0 spiro atoms. The highest BCUT2D eigenvalue weighted by atomic mass is 15.2. The van der Waals surface area contributed by atoms with Crippen molar-refractivity contribution >= 4 is 0 Å². The van der Waals surface area contributed by atoms with Crippen LogP contribution < -0.4 is 11.1 Å². The van der Waals surface area contributed by atoms with Gasteiger partial charge in [0.2, 0.25) is 0 Å². The van der Waals surface area contributed by atoms with E-state index in [0.717, 1.165) is 12.5 Å². The van der Waals surface area contributed by atoms with E-state index < -0.39 is 0 Å². The number of nitrogens with two attached hydrogens (primary N) is 1. The number of hydrogen-bond acceptors (Lipinski definition) is 3. The Morgan fingerprint density at radius 3 is 2.39 bits per heavy atom. The van der Waals surface area contributed by atoms with Crippen molar-refractivity contribution in [1.29, 1.82) is 0 Å². The van der Waals surface area contributed by atoms with Crippen LogP contribution in [0.3, 0.4) is 0 Å². The molecule has 3 nitrogen and oxygen atoms in total. The molecule has 1 fully saturated rings. The predicted molar refractivity (Wildman–Crippen MR) is 77.6 cm³/mol. The van der Waals surface area contributed by atoms with E-state index in [-0.39, 0.29) is 5.54 Å². The Labute approximate surface area is 112 Å². The van der Waals surface area contributed by atoms with E-state index in [4.69, 9.17) is 5.73 Å². The summed E-state index contributed by atoms with van der Waals surface area (Å²) in [5.41, 5.74) is 6.26. The standard InChI is InChI=1S/C15H29N3/c1-13(2)11-18-9-7-15(12-16,8-10-18)17-14-5-3-4-6-14/h3-4,13-14,17H,5-12,16H2,1-2H3. The second kappa shape index (κ2) is 6.18. The van der Waals surface area contributed by atoms with Crippen LogP contribution in [0.15, 0.2) is 12.2 Å². The average molecular weight is 251 g/mol. The summed E-state index contributed by atoms with van der Waals surface area (Å²) in [6, 6.07) is 0.630. The molecule has 2 aliphatic rings. The highest BCUT2D eigenvalue weighted by molar-refractivity contribution is 5.03. The van der Waals surface area contributed by atoms with Crippen molar-refractivity contribution in [2.45, 2.75) is 51.1 Å². The number of nitrogens with zero attached hydrogens (tertiary/aromatic N) is 1. The molecule has 1 saturated heterocycles. The van der Waals surface area contributed by atoms with E-state index in [1.807, 2.05) is 0 Å². The Morgan fingerprint density at radius 1 is 1.28 bits per heavy atom.